The molecule has 0 saturated heterocycles. The van der Waals surface area contributed by atoms with Crippen molar-refractivity contribution in [1.82, 2.24) is 0 Å². The van der Waals surface area contributed by atoms with Gasteiger partial charge in [-0.25, -0.2) is 4.39 Å². The molecule has 3 rings (SSSR count). The van der Waals surface area contributed by atoms with E-state index in [0.29, 0.717) is 30.8 Å². The Morgan fingerprint density at radius 3 is 2.87 bits per heavy atom. The summed E-state index contributed by atoms with van der Waals surface area (Å²) in [6.45, 7) is 7.22. The minimum absolute atomic E-state index is 0.150. The highest BCUT2D eigenvalue weighted by molar-refractivity contribution is 5.63. The van der Waals surface area contributed by atoms with Crippen molar-refractivity contribution in [3.8, 4) is 11.5 Å². The summed E-state index contributed by atoms with van der Waals surface area (Å²) in [5.74, 6) is 0.697. The van der Waals surface area contributed by atoms with Gasteiger partial charge < -0.3 is 14.7 Å². The molecule has 1 atom stereocenters. The van der Waals surface area contributed by atoms with Gasteiger partial charge in [0.2, 0.25) is 0 Å². The maximum atomic E-state index is 13.9. The Hall–Kier alpha value is -2.49. The van der Waals surface area contributed by atoms with Crippen molar-refractivity contribution in [3.63, 3.8) is 0 Å². The molecular formula is C19H20FNO2. The topological polar surface area (TPSA) is 32.7 Å². The van der Waals surface area contributed by atoms with E-state index in [2.05, 4.69) is 11.5 Å². The molecule has 120 valence electrons. The van der Waals surface area contributed by atoms with Crippen LogP contribution in [0.15, 0.2) is 54.6 Å². The molecule has 4 heteroatoms. The second-order valence-electron chi connectivity index (χ2n) is 6.03. The Kier molecular flexibility index (Phi) is 4.24. The number of anilines is 1. The lowest BCUT2D eigenvalue weighted by Gasteiger charge is -2.36. The summed E-state index contributed by atoms with van der Waals surface area (Å²) < 4.78 is 19.9. The van der Waals surface area contributed by atoms with Crippen LogP contribution in [0.2, 0.25) is 0 Å². The number of rotatable bonds is 4. The van der Waals surface area contributed by atoms with Gasteiger partial charge in [0.15, 0.2) is 0 Å². The maximum absolute atomic E-state index is 13.9. The molecule has 2 aromatic rings. The lowest BCUT2D eigenvalue weighted by molar-refractivity contribution is 0.193. The molecule has 1 heterocycles. The molecule has 0 spiro atoms. The van der Waals surface area contributed by atoms with Crippen molar-refractivity contribution in [1.29, 1.82) is 0 Å². The quantitative estimate of drug-likeness (QED) is 0.869. The first-order chi connectivity index (χ1) is 11.0. The number of ether oxygens (including phenoxy) is 1. The van der Waals surface area contributed by atoms with Crippen LogP contribution in [-0.4, -0.2) is 24.3 Å². The van der Waals surface area contributed by atoms with Crippen molar-refractivity contribution in [2.75, 3.05) is 18.0 Å². The van der Waals surface area contributed by atoms with Crippen molar-refractivity contribution in [3.05, 3.63) is 66.0 Å². The summed E-state index contributed by atoms with van der Waals surface area (Å²) >= 11 is 0. The van der Waals surface area contributed by atoms with Gasteiger partial charge in [0, 0.05) is 19.0 Å². The van der Waals surface area contributed by atoms with Crippen molar-refractivity contribution in [2.24, 2.45) is 0 Å². The zero-order chi connectivity index (χ0) is 16.4. The van der Waals surface area contributed by atoms with Gasteiger partial charge >= 0.3 is 0 Å². The third-order valence-electron chi connectivity index (χ3n) is 3.87. The lowest BCUT2D eigenvalue weighted by Crippen LogP contribution is -2.42. The van der Waals surface area contributed by atoms with E-state index < -0.39 is 0 Å². The van der Waals surface area contributed by atoms with Crippen LogP contribution >= 0.6 is 0 Å². The van der Waals surface area contributed by atoms with E-state index in [1.54, 1.807) is 30.3 Å². The molecule has 0 saturated carbocycles. The van der Waals surface area contributed by atoms with Gasteiger partial charge in [-0.1, -0.05) is 30.4 Å². The smallest absolute Gasteiger partial charge is 0.143 e. The van der Waals surface area contributed by atoms with Crippen molar-refractivity contribution >= 4 is 5.69 Å². The Labute approximate surface area is 135 Å². The molecule has 23 heavy (non-hydrogen) atoms. The van der Waals surface area contributed by atoms with E-state index in [9.17, 15) is 9.50 Å². The largest absolute Gasteiger partial charge is 0.508 e. The number of nitrogens with zero attached hydrogens (tertiary/aromatic N) is 1. The van der Waals surface area contributed by atoms with Crippen LogP contribution in [0.5, 0.6) is 11.5 Å². The molecule has 0 fully saturated rings. The van der Waals surface area contributed by atoms with Crippen LogP contribution in [0.4, 0.5) is 10.1 Å². The zero-order valence-electron chi connectivity index (χ0n) is 13.1. The van der Waals surface area contributed by atoms with E-state index in [1.807, 2.05) is 13.0 Å². The fraction of sp³-hybridized carbons (Fsp3) is 0.263. The Bertz CT molecular complexity index is 729. The van der Waals surface area contributed by atoms with Gasteiger partial charge in [-0.05, 0) is 30.7 Å². The second kappa shape index (κ2) is 6.32. The number of hydrogen-bond donors (Lipinski definition) is 1. The first-order valence-electron chi connectivity index (χ1n) is 7.65. The van der Waals surface area contributed by atoms with Crippen LogP contribution in [0.1, 0.15) is 12.5 Å². The molecule has 0 aliphatic carbocycles. The fourth-order valence-electron chi connectivity index (χ4n) is 2.90. The van der Waals surface area contributed by atoms with Gasteiger partial charge in [0.05, 0.1) is 12.2 Å². The molecule has 0 amide bonds. The molecule has 0 aromatic heterocycles. The summed E-state index contributed by atoms with van der Waals surface area (Å²) in [6.07, 6.45) is 0.350. The Morgan fingerprint density at radius 1 is 1.35 bits per heavy atom. The number of hydrogen-bond acceptors (Lipinski definition) is 3. The first-order valence-corrected chi connectivity index (χ1v) is 7.65. The number of aromatic hydroxyl groups is 1. The van der Waals surface area contributed by atoms with Crippen LogP contribution in [0, 0.1) is 5.82 Å². The minimum Gasteiger partial charge on any atom is -0.508 e. The predicted octanol–water partition coefficient (Wildman–Crippen LogP) is 3.92. The molecule has 1 unspecified atom stereocenters. The van der Waals surface area contributed by atoms with Gasteiger partial charge in [-0.3, -0.25) is 0 Å². The fourth-order valence-corrected chi connectivity index (χ4v) is 2.90. The van der Waals surface area contributed by atoms with E-state index in [4.69, 9.17) is 4.74 Å². The van der Waals surface area contributed by atoms with Gasteiger partial charge in [0.1, 0.15) is 23.4 Å². The average Bonchev–Trinajstić information content (AvgIpc) is 2.50. The maximum Gasteiger partial charge on any atom is 0.143 e. The Morgan fingerprint density at radius 2 is 2.13 bits per heavy atom. The summed E-state index contributed by atoms with van der Waals surface area (Å²) in [5.41, 5.74) is 2.51. The highest BCUT2D eigenvalue weighted by atomic mass is 19.1. The normalized spacial score (nSPS) is 16.6. The molecule has 1 N–H and O–H groups in total. The molecule has 1 aliphatic heterocycles. The molecule has 0 radical (unpaired) electrons. The molecule has 0 bridgehead atoms. The van der Waals surface area contributed by atoms with Crippen LogP contribution in [-0.2, 0) is 6.42 Å². The average molecular weight is 313 g/mol. The van der Waals surface area contributed by atoms with Gasteiger partial charge in [-0.2, -0.15) is 0 Å². The van der Waals surface area contributed by atoms with Crippen LogP contribution < -0.4 is 9.64 Å². The van der Waals surface area contributed by atoms with E-state index in [0.717, 1.165) is 11.3 Å². The molecule has 3 nitrogen and oxygen atoms in total. The lowest BCUT2D eigenvalue weighted by atomic mass is 10.0. The number of phenols is 1. The van der Waals surface area contributed by atoms with E-state index >= 15 is 0 Å². The van der Waals surface area contributed by atoms with E-state index in [-0.39, 0.29) is 17.7 Å². The molecular weight excluding hydrogens is 293 g/mol. The summed E-state index contributed by atoms with van der Waals surface area (Å²) in [7, 11) is 0. The number of fused-ring (bicyclic) bond motifs is 1. The number of halogens is 1. The van der Waals surface area contributed by atoms with Crippen LogP contribution in [0.3, 0.4) is 0 Å². The van der Waals surface area contributed by atoms with Crippen molar-refractivity contribution < 1.29 is 14.2 Å². The third kappa shape index (κ3) is 3.47. The first kappa shape index (κ1) is 15.4. The van der Waals surface area contributed by atoms with E-state index in [1.165, 1.54) is 6.07 Å². The SMILES string of the molecule is C=C(C)CN1CC(Cc2ccccc2F)Oc2ccc(O)cc21. The van der Waals surface area contributed by atoms with Crippen LogP contribution in [0.25, 0.3) is 0 Å². The van der Waals surface area contributed by atoms with Crippen molar-refractivity contribution in [2.45, 2.75) is 19.4 Å². The number of benzene rings is 2. The number of phenolic OH excluding ortho intramolecular Hbond substituents is 1. The highest BCUT2D eigenvalue weighted by Crippen LogP contribution is 2.37. The summed E-state index contributed by atoms with van der Waals surface area (Å²) in [6, 6.07) is 11.8. The summed E-state index contributed by atoms with van der Waals surface area (Å²) in [5, 5.41) is 9.72. The summed E-state index contributed by atoms with van der Waals surface area (Å²) in [4.78, 5) is 2.12. The zero-order valence-corrected chi connectivity index (χ0v) is 13.1. The van der Waals surface area contributed by atoms with Gasteiger partial charge in [-0.15, -0.1) is 0 Å². The molecule has 1 aliphatic rings. The van der Waals surface area contributed by atoms with Gasteiger partial charge in [0.25, 0.3) is 0 Å². The minimum atomic E-state index is -0.209. The predicted molar refractivity (Wildman–Crippen MR) is 89.7 cm³/mol. The molecule has 2 aromatic carbocycles. The second-order valence-corrected chi connectivity index (χ2v) is 6.03. The standard InChI is InChI=1S/C19H20FNO2/c1-13(2)11-21-12-16(9-14-5-3-4-6-17(14)20)23-19-8-7-15(22)10-18(19)21/h3-8,10,16,22H,1,9,11-12H2,2H3. The monoisotopic (exact) mass is 313 g/mol. The Balaban J connectivity index is 1.86. The third-order valence-corrected chi connectivity index (χ3v) is 3.87. The highest BCUT2D eigenvalue weighted by Gasteiger charge is 2.26.